The molecule has 0 unspecified atom stereocenters. The van der Waals surface area contributed by atoms with Crippen molar-refractivity contribution in [2.24, 2.45) is 4.99 Å². The number of amides is 1. The maximum absolute atomic E-state index is 12.7. The number of amidine groups is 1. The van der Waals surface area contributed by atoms with Gasteiger partial charge in [0.25, 0.3) is 5.91 Å². The lowest BCUT2D eigenvalue weighted by Crippen LogP contribution is -2.50. The van der Waals surface area contributed by atoms with Crippen LogP contribution in [0, 0.1) is 13.8 Å². The molecule has 1 fully saturated rings. The van der Waals surface area contributed by atoms with Gasteiger partial charge in [0, 0.05) is 26.2 Å². The van der Waals surface area contributed by atoms with Crippen LogP contribution in [0.1, 0.15) is 26.4 Å². The van der Waals surface area contributed by atoms with Crippen LogP contribution in [0.15, 0.2) is 58.9 Å². The number of piperazine rings is 1. The molecule has 1 saturated heterocycles. The summed E-state index contributed by atoms with van der Waals surface area (Å²) in [4.78, 5) is 22.7. The molecule has 1 amide bonds. The molecule has 0 N–H and O–H groups in total. The molecule has 3 aromatic rings. The third-order valence-electron chi connectivity index (χ3n) is 5.54. The highest BCUT2D eigenvalue weighted by atomic mass is 32.1. The van der Waals surface area contributed by atoms with Crippen LogP contribution in [0.25, 0.3) is 0 Å². The highest BCUT2D eigenvalue weighted by molar-refractivity contribution is 7.12. The first-order valence-electron chi connectivity index (χ1n) is 10.1. The first-order chi connectivity index (χ1) is 14.6. The standard InChI is InChI=1S/C24H23N3O2S/c1-16-6-8-20-18(14-16)23(25-19-7-5-17(2)15-21(19)29-20)26-9-11-27(12-10-26)24(28)22-4-3-13-30-22/h3-8,13-15H,9-12H2,1-2H3. The summed E-state index contributed by atoms with van der Waals surface area (Å²) < 4.78 is 6.26. The summed E-state index contributed by atoms with van der Waals surface area (Å²) in [6, 6.07) is 16.1. The van der Waals surface area contributed by atoms with Gasteiger partial charge in [-0.25, -0.2) is 4.99 Å². The molecule has 5 nitrogen and oxygen atoms in total. The molecule has 0 spiro atoms. The van der Waals surface area contributed by atoms with Gasteiger partial charge in [0.15, 0.2) is 5.75 Å². The van der Waals surface area contributed by atoms with Crippen molar-refractivity contribution in [1.29, 1.82) is 0 Å². The molecule has 3 heterocycles. The van der Waals surface area contributed by atoms with Gasteiger partial charge in [-0.15, -0.1) is 11.3 Å². The first kappa shape index (κ1) is 18.9. The number of nitrogens with zero attached hydrogens (tertiary/aromatic N) is 3. The van der Waals surface area contributed by atoms with Crippen LogP contribution in [0.2, 0.25) is 0 Å². The zero-order valence-corrected chi connectivity index (χ0v) is 17.9. The van der Waals surface area contributed by atoms with Gasteiger partial charge >= 0.3 is 0 Å². The predicted molar refractivity (Wildman–Crippen MR) is 120 cm³/mol. The van der Waals surface area contributed by atoms with Crippen molar-refractivity contribution in [1.82, 2.24) is 9.80 Å². The van der Waals surface area contributed by atoms with Gasteiger partial charge in [-0.1, -0.05) is 23.8 Å². The zero-order valence-electron chi connectivity index (χ0n) is 17.1. The number of carbonyl (C=O) groups is 1. The van der Waals surface area contributed by atoms with Crippen LogP contribution in [-0.4, -0.2) is 47.7 Å². The van der Waals surface area contributed by atoms with Gasteiger partial charge < -0.3 is 14.5 Å². The minimum Gasteiger partial charge on any atom is -0.454 e. The Balaban J connectivity index is 1.46. The SMILES string of the molecule is Cc1ccc2c(c1)Oc1ccc(C)cc1C(N1CCN(C(=O)c3cccs3)CC1)=N2. The lowest BCUT2D eigenvalue weighted by atomic mass is 10.1. The molecule has 2 aromatic carbocycles. The Labute approximate surface area is 180 Å². The summed E-state index contributed by atoms with van der Waals surface area (Å²) >= 11 is 1.50. The molecule has 0 saturated carbocycles. The maximum atomic E-state index is 12.7. The van der Waals surface area contributed by atoms with E-state index >= 15 is 0 Å². The number of aryl methyl sites for hydroxylation is 2. The summed E-state index contributed by atoms with van der Waals surface area (Å²) in [5.41, 5.74) is 4.14. The van der Waals surface area contributed by atoms with Gasteiger partial charge in [0.2, 0.25) is 0 Å². The van der Waals surface area contributed by atoms with Crippen LogP contribution < -0.4 is 4.74 Å². The second-order valence-electron chi connectivity index (χ2n) is 7.76. The minimum atomic E-state index is 0.118. The van der Waals surface area contributed by atoms with E-state index in [0.717, 1.165) is 52.1 Å². The summed E-state index contributed by atoms with van der Waals surface area (Å²) in [7, 11) is 0. The van der Waals surface area contributed by atoms with Crippen molar-refractivity contribution < 1.29 is 9.53 Å². The van der Waals surface area contributed by atoms with Crippen LogP contribution >= 0.6 is 11.3 Å². The van der Waals surface area contributed by atoms with Gasteiger partial charge in [0.05, 0.1) is 10.4 Å². The van der Waals surface area contributed by atoms with E-state index in [1.54, 1.807) is 0 Å². The number of thiophene rings is 1. The fraction of sp³-hybridized carbons (Fsp3) is 0.250. The summed E-state index contributed by atoms with van der Waals surface area (Å²) in [5, 5.41) is 1.95. The van der Waals surface area contributed by atoms with Crippen molar-refractivity contribution in [3.05, 3.63) is 75.5 Å². The van der Waals surface area contributed by atoms with Gasteiger partial charge in [0.1, 0.15) is 17.3 Å². The van der Waals surface area contributed by atoms with Crippen molar-refractivity contribution in [3.63, 3.8) is 0 Å². The van der Waals surface area contributed by atoms with E-state index < -0.39 is 0 Å². The molecule has 0 atom stereocenters. The molecule has 2 aliphatic heterocycles. The Morgan fingerprint density at radius 1 is 0.967 bits per heavy atom. The molecule has 152 valence electrons. The Bertz CT molecular complexity index is 1130. The normalized spacial score (nSPS) is 15.6. The van der Waals surface area contributed by atoms with E-state index in [0.29, 0.717) is 13.1 Å². The number of hydrogen-bond acceptors (Lipinski definition) is 5. The largest absolute Gasteiger partial charge is 0.454 e. The number of benzene rings is 2. The van der Waals surface area contributed by atoms with Crippen LogP contribution in [0.3, 0.4) is 0 Å². The molecule has 5 rings (SSSR count). The summed E-state index contributed by atoms with van der Waals surface area (Å²) in [6.45, 7) is 6.98. The highest BCUT2D eigenvalue weighted by Crippen LogP contribution is 2.39. The second-order valence-corrected chi connectivity index (χ2v) is 8.71. The Kier molecular flexibility index (Phi) is 4.79. The van der Waals surface area contributed by atoms with E-state index in [1.165, 1.54) is 16.9 Å². The number of ether oxygens (including phenoxy) is 1. The Hall–Kier alpha value is -3.12. The van der Waals surface area contributed by atoms with Crippen molar-refractivity contribution in [2.45, 2.75) is 13.8 Å². The number of hydrogen-bond donors (Lipinski definition) is 0. The first-order valence-corrected chi connectivity index (χ1v) is 11.0. The fourth-order valence-corrected chi connectivity index (χ4v) is 4.61. The average molecular weight is 418 g/mol. The second kappa shape index (κ2) is 7.61. The molecule has 2 aliphatic rings. The van der Waals surface area contributed by atoms with Crippen molar-refractivity contribution >= 4 is 28.8 Å². The number of aliphatic imine (C=N–C) groups is 1. The third-order valence-corrected chi connectivity index (χ3v) is 6.39. The molecule has 0 radical (unpaired) electrons. The average Bonchev–Trinajstić information content (AvgIpc) is 3.24. The number of fused-ring (bicyclic) bond motifs is 2. The number of rotatable bonds is 1. The third kappa shape index (κ3) is 3.48. The lowest BCUT2D eigenvalue weighted by Gasteiger charge is -2.36. The maximum Gasteiger partial charge on any atom is 0.264 e. The van der Waals surface area contributed by atoms with Crippen LogP contribution in [-0.2, 0) is 0 Å². The van der Waals surface area contributed by atoms with Gasteiger partial charge in [-0.2, -0.15) is 0 Å². The molecule has 6 heteroatoms. The van der Waals surface area contributed by atoms with E-state index in [1.807, 2.05) is 40.6 Å². The van der Waals surface area contributed by atoms with Crippen LogP contribution in [0.5, 0.6) is 11.5 Å². The van der Waals surface area contributed by atoms with Crippen molar-refractivity contribution in [2.75, 3.05) is 26.2 Å². The topological polar surface area (TPSA) is 45.1 Å². The van der Waals surface area contributed by atoms with Gasteiger partial charge in [-0.3, -0.25) is 4.79 Å². The van der Waals surface area contributed by atoms with E-state index in [-0.39, 0.29) is 5.91 Å². The van der Waals surface area contributed by atoms with Crippen molar-refractivity contribution in [3.8, 4) is 11.5 Å². The molecular weight excluding hydrogens is 394 g/mol. The highest BCUT2D eigenvalue weighted by Gasteiger charge is 2.28. The summed E-state index contributed by atoms with van der Waals surface area (Å²) in [6.07, 6.45) is 0. The minimum absolute atomic E-state index is 0.118. The molecular formula is C24H23N3O2S. The Morgan fingerprint density at radius 3 is 2.50 bits per heavy atom. The van der Waals surface area contributed by atoms with E-state index in [2.05, 4.69) is 36.9 Å². The predicted octanol–water partition coefficient (Wildman–Crippen LogP) is 5.01. The fourth-order valence-electron chi connectivity index (χ4n) is 3.91. The smallest absolute Gasteiger partial charge is 0.264 e. The molecule has 1 aromatic heterocycles. The van der Waals surface area contributed by atoms with Crippen LogP contribution in [0.4, 0.5) is 5.69 Å². The lowest BCUT2D eigenvalue weighted by molar-refractivity contribution is 0.0697. The molecule has 0 bridgehead atoms. The molecule has 0 aliphatic carbocycles. The molecule has 30 heavy (non-hydrogen) atoms. The van der Waals surface area contributed by atoms with E-state index in [9.17, 15) is 4.79 Å². The monoisotopic (exact) mass is 417 g/mol. The van der Waals surface area contributed by atoms with E-state index in [4.69, 9.17) is 9.73 Å². The zero-order chi connectivity index (χ0) is 20.7. The Morgan fingerprint density at radius 2 is 1.73 bits per heavy atom. The van der Waals surface area contributed by atoms with Gasteiger partial charge in [-0.05, 0) is 55.1 Å². The quantitative estimate of drug-likeness (QED) is 0.559. The summed E-state index contributed by atoms with van der Waals surface area (Å²) in [5.74, 6) is 2.63. The number of carbonyl (C=O) groups excluding carboxylic acids is 1.